The summed E-state index contributed by atoms with van der Waals surface area (Å²) >= 11 is 0. The lowest BCUT2D eigenvalue weighted by atomic mass is 9.93. The van der Waals surface area contributed by atoms with Crippen LogP contribution in [0.15, 0.2) is 0 Å². The van der Waals surface area contributed by atoms with Crippen LogP contribution in [0.5, 0.6) is 0 Å². The fourth-order valence-corrected chi connectivity index (χ4v) is 4.19. The molecule has 2 heterocycles. The molecule has 2 fully saturated rings. The first kappa shape index (κ1) is 36.5. The van der Waals surface area contributed by atoms with E-state index in [4.69, 9.17) is 28.8 Å². The van der Waals surface area contributed by atoms with E-state index in [0.717, 1.165) is 0 Å². The van der Waals surface area contributed by atoms with Gasteiger partial charge in [-0.2, -0.15) is 0 Å². The molecule has 2 saturated heterocycles. The Morgan fingerprint density at radius 1 is 0.634 bits per heavy atom. The van der Waals surface area contributed by atoms with Gasteiger partial charge in [-0.25, -0.2) is 0 Å². The summed E-state index contributed by atoms with van der Waals surface area (Å²) in [7, 11) is 0. The fourth-order valence-electron chi connectivity index (χ4n) is 4.19. The standard InChI is InChI=1S/C23H44O18/c1-23(6-37-20(36)17(33)12(28)9(27)2-3-24,7-38-21-18(34)15(31)13(29)10(4-25)40-21)8-39-22-19(35)16(32)14(30)11(5-26)41-22/h9-22,24-36H,2-8H2,1H3/t9-,10?,11?,12+,13-,14-,15?,16?,17?,18-,19-,20-,21+,22+,23?/m1/s1. The minimum absolute atomic E-state index is 0.303. The van der Waals surface area contributed by atoms with Crippen molar-refractivity contribution >= 4 is 0 Å². The number of hydrogen-bond acceptors (Lipinski definition) is 18. The van der Waals surface area contributed by atoms with E-state index in [1.54, 1.807) is 0 Å². The second-order valence-electron chi connectivity index (χ2n) is 10.6. The van der Waals surface area contributed by atoms with Crippen LogP contribution in [0.1, 0.15) is 13.3 Å². The highest BCUT2D eigenvalue weighted by atomic mass is 16.7. The first-order valence-corrected chi connectivity index (χ1v) is 13.0. The number of aliphatic hydroxyl groups is 13. The zero-order valence-electron chi connectivity index (χ0n) is 22.4. The van der Waals surface area contributed by atoms with Crippen molar-refractivity contribution in [2.75, 3.05) is 39.6 Å². The SMILES string of the molecule is CC(CO[C@H]1OC(CO)[C@@H](O)C(O)[C@H]1O)(CO[C@H]1OC(CO)[C@@H](O)C(O)[C@H]1O)CO[C@@H](O)C(O)[C@@H](O)[C@H](O)CCO. The summed E-state index contributed by atoms with van der Waals surface area (Å²) in [5.41, 5.74) is -1.41. The van der Waals surface area contributed by atoms with Crippen LogP contribution < -0.4 is 0 Å². The molecular formula is C23H44O18. The highest BCUT2D eigenvalue weighted by molar-refractivity contribution is 4.91. The van der Waals surface area contributed by atoms with Gasteiger partial charge in [0.2, 0.25) is 0 Å². The fraction of sp³-hybridized carbons (Fsp3) is 1.00. The Hall–Kier alpha value is -0.720. The molecular weight excluding hydrogens is 564 g/mol. The van der Waals surface area contributed by atoms with Crippen molar-refractivity contribution in [1.82, 2.24) is 0 Å². The first-order valence-electron chi connectivity index (χ1n) is 13.0. The van der Waals surface area contributed by atoms with Gasteiger partial charge >= 0.3 is 0 Å². The average molecular weight is 609 g/mol. The van der Waals surface area contributed by atoms with Gasteiger partial charge in [0.15, 0.2) is 18.9 Å². The van der Waals surface area contributed by atoms with Crippen molar-refractivity contribution in [3.05, 3.63) is 0 Å². The summed E-state index contributed by atoms with van der Waals surface area (Å²) in [6.07, 6.45) is -24.0. The van der Waals surface area contributed by atoms with E-state index in [9.17, 15) is 61.3 Å². The molecule has 0 aromatic carbocycles. The molecule has 18 nitrogen and oxygen atoms in total. The van der Waals surface area contributed by atoms with Gasteiger partial charge in [0.1, 0.15) is 61.0 Å². The van der Waals surface area contributed by atoms with Crippen LogP contribution in [0.4, 0.5) is 0 Å². The maximum Gasteiger partial charge on any atom is 0.186 e. The summed E-state index contributed by atoms with van der Waals surface area (Å²) in [5, 5.41) is 128. The van der Waals surface area contributed by atoms with Gasteiger partial charge < -0.3 is 90.1 Å². The lowest BCUT2D eigenvalue weighted by molar-refractivity contribution is -0.321. The van der Waals surface area contributed by atoms with Gasteiger partial charge in [0.25, 0.3) is 0 Å². The molecule has 2 aliphatic heterocycles. The van der Waals surface area contributed by atoms with Crippen molar-refractivity contribution < 1.29 is 90.1 Å². The third kappa shape index (κ3) is 9.38. The molecule has 2 rings (SSSR count). The summed E-state index contributed by atoms with van der Waals surface area (Å²) < 4.78 is 27.0. The minimum Gasteiger partial charge on any atom is -0.396 e. The van der Waals surface area contributed by atoms with Crippen molar-refractivity contribution in [3.8, 4) is 0 Å². The third-order valence-corrected chi connectivity index (χ3v) is 6.95. The maximum atomic E-state index is 10.3. The molecule has 0 bridgehead atoms. The molecule has 0 saturated carbocycles. The molecule has 0 aliphatic carbocycles. The molecule has 2 aliphatic rings. The van der Waals surface area contributed by atoms with Crippen LogP contribution >= 0.6 is 0 Å². The van der Waals surface area contributed by atoms with Crippen molar-refractivity contribution in [2.24, 2.45) is 5.41 Å². The van der Waals surface area contributed by atoms with Crippen LogP contribution in [0, 0.1) is 5.41 Å². The molecule has 244 valence electrons. The smallest absolute Gasteiger partial charge is 0.186 e. The van der Waals surface area contributed by atoms with Gasteiger partial charge in [0, 0.05) is 12.0 Å². The van der Waals surface area contributed by atoms with E-state index in [1.807, 2.05) is 0 Å². The molecule has 0 radical (unpaired) electrons. The summed E-state index contributed by atoms with van der Waals surface area (Å²) in [6, 6.07) is 0. The molecule has 13 N–H and O–H groups in total. The van der Waals surface area contributed by atoms with Crippen molar-refractivity contribution in [2.45, 2.75) is 99.4 Å². The Labute approximate surface area is 235 Å². The van der Waals surface area contributed by atoms with Gasteiger partial charge in [-0.15, -0.1) is 0 Å². The van der Waals surface area contributed by atoms with E-state index < -0.39 is 131 Å². The molecule has 5 unspecified atom stereocenters. The zero-order chi connectivity index (χ0) is 31.1. The van der Waals surface area contributed by atoms with Gasteiger partial charge in [-0.3, -0.25) is 0 Å². The van der Waals surface area contributed by atoms with E-state index in [-0.39, 0.29) is 6.42 Å². The molecule has 0 spiro atoms. The minimum atomic E-state index is -2.09. The van der Waals surface area contributed by atoms with E-state index in [0.29, 0.717) is 0 Å². The predicted octanol–water partition coefficient (Wildman–Crippen LogP) is -7.57. The summed E-state index contributed by atoms with van der Waals surface area (Å²) in [5.74, 6) is 0. The Morgan fingerprint density at radius 2 is 1.07 bits per heavy atom. The predicted molar refractivity (Wildman–Crippen MR) is 129 cm³/mol. The largest absolute Gasteiger partial charge is 0.396 e. The van der Waals surface area contributed by atoms with Crippen LogP contribution in [-0.2, 0) is 23.7 Å². The molecule has 0 aromatic heterocycles. The topological polar surface area (TPSA) is 309 Å². The maximum absolute atomic E-state index is 10.3. The van der Waals surface area contributed by atoms with Gasteiger partial charge in [-0.05, 0) is 6.42 Å². The average Bonchev–Trinajstić information content (AvgIpc) is 2.96. The summed E-state index contributed by atoms with van der Waals surface area (Å²) in [6.45, 7) is -2.04. The van der Waals surface area contributed by atoms with Crippen molar-refractivity contribution in [3.63, 3.8) is 0 Å². The summed E-state index contributed by atoms with van der Waals surface area (Å²) in [4.78, 5) is 0. The third-order valence-electron chi connectivity index (χ3n) is 6.95. The molecule has 41 heavy (non-hydrogen) atoms. The van der Waals surface area contributed by atoms with E-state index in [2.05, 4.69) is 0 Å². The quantitative estimate of drug-likeness (QED) is 0.0723. The number of rotatable bonds is 16. The Morgan fingerprint density at radius 3 is 1.46 bits per heavy atom. The highest BCUT2D eigenvalue weighted by Gasteiger charge is 2.47. The first-order chi connectivity index (χ1) is 19.2. The van der Waals surface area contributed by atoms with Crippen molar-refractivity contribution in [1.29, 1.82) is 0 Å². The molecule has 14 atom stereocenters. The molecule has 18 heteroatoms. The van der Waals surface area contributed by atoms with Gasteiger partial charge in [0.05, 0.1) is 39.1 Å². The molecule has 0 aromatic rings. The van der Waals surface area contributed by atoms with Crippen LogP contribution in [0.3, 0.4) is 0 Å². The lowest BCUT2D eigenvalue weighted by Crippen LogP contribution is -2.60. The Kier molecular flexibility index (Phi) is 14.6. The van der Waals surface area contributed by atoms with E-state index in [1.165, 1.54) is 6.92 Å². The number of hydrogen-bond donors (Lipinski definition) is 13. The lowest BCUT2D eigenvalue weighted by Gasteiger charge is -2.42. The van der Waals surface area contributed by atoms with E-state index >= 15 is 0 Å². The normalized spacial score (nSPS) is 39.1. The van der Waals surface area contributed by atoms with Crippen LogP contribution in [0.2, 0.25) is 0 Å². The number of ether oxygens (including phenoxy) is 5. The number of aliphatic hydroxyl groups excluding tert-OH is 13. The second kappa shape index (κ2) is 16.4. The Bertz CT molecular complexity index is 703. The van der Waals surface area contributed by atoms with Crippen LogP contribution in [0.25, 0.3) is 0 Å². The zero-order valence-corrected chi connectivity index (χ0v) is 22.4. The highest BCUT2D eigenvalue weighted by Crippen LogP contribution is 2.29. The van der Waals surface area contributed by atoms with Gasteiger partial charge in [-0.1, -0.05) is 6.92 Å². The van der Waals surface area contributed by atoms with Crippen LogP contribution in [-0.4, -0.2) is 192 Å². The second-order valence-corrected chi connectivity index (χ2v) is 10.6. The molecule has 0 amide bonds. The Balaban J connectivity index is 2.14. The monoisotopic (exact) mass is 608 g/mol.